The van der Waals surface area contributed by atoms with E-state index >= 15 is 0 Å². The molecule has 7 heteroatoms. The summed E-state index contributed by atoms with van der Waals surface area (Å²) in [5.41, 5.74) is 1.15. The second-order valence-corrected chi connectivity index (χ2v) is 6.10. The molecule has 0 saturated carbocycles. The van der Waals surface area contributed by atoms with E-state index in [1.165, 1.54) is 0 Å². The number of anilines is 2. The Bertz CT molecular complexity index is 737. The van der Waals surface area contributed by atoms with E-state index in [4.69, 9.17) is 23.2 Å². The Hall–Kier alpha value is -2.08. The van der Waals surface area contributed by atoms with Crippen LogP contribution >= 0.6 is 23.2 Å². The summed E-state index contributed by atoms with van der Waals surface area (Å²) in [6.07, 6.45) is 0. The van der Waals surface area contributed by atoms with Gasteiger partial charge in [0.2, 0.25) is 11.8 Å². The first kappa shape index (κ1) is 18.3. The molecule has 0 fully saturated rings. The molecule has 2 rings (SSSR count). The lowest BCUT2D eigenvalue weighted by Gasteiger charge is -2.16. The van der Waals surface area contributed by atoms with Gasteiger partial charge >= 0.3 is 0 Å². The van der Waals surface area contributed by atoms with Gasteiger partial charge in [0, 0.05) is 10.7 Å². The highest BCUT2D eigenvalue weighted by molar-refractivity contribution is 6.33. The molecule has 0 atom stereocenters. The predicted molar refractivity (Wildman–Crippen MR) is 97.7 cm³/mol. The first-order valence-corrected chi connectivity index (χ1v) is 7.98. The van der Waals surface area contributed by atoms with E-state index < -0.39 is 0 Å². The average Bonchev–Trinajstić information content (AvgIpc) is 2.49. The third-order valence-corrected chi connectivity index (χ3v) is 3.65. The molecule has 0 unspecified atom stereocenters. The Morgan fingerprint density at radius 1 is 0.958 bits per heavy atom. The van der Waals surface area contributed by atoms with E-state index in [1.807, 2.05) is 0 Å². The molecule has 0 radical (unpaired) electrons. The van der Waals surface area contributed by atoms with Gasteiger partial charge in [0.05, 0.1) is 23.8 Å². The highest BCUT2D eigenvalue weighted by Crippen LogP contribution is 2.20. The lowest BCUT2D eigenvalue weighted by Crippen LogP contribution is -2.36. The second-order valence-electron chi connectivity index (χ2n) is 5.26. The Morgan fingerprint density at radius 2 is 1.62 bits per heavy atom. The van der Waals surface area contributed by atoms with Crippen LogP contribution in [0.25, 0.3) is 0 Å². The van der Waals surface area contributed by atoms with Crippen LogP contribution in [0, 0.1) is 0 Å². The molecule has 0 bridgehead atoms. The van der Waals surface area contributed by atoms with Crippen molar-refractivity contribution in [3.63, 3.8) is 0 Å². The second kappa shape index (κ2) is 8.68. The smallest absolute Gasteiger partial charge is 0.238 e. The van der Waals surface area contributed by atoms with Crippen molar-refractivity contribution >= 4 is 46.4 Å². The molecule has 0 spiro atoms. The van der Waals surface area contributed by atoms with Gasteiger partial charge in [-0.25, -0.2) is 0 Å². The van der Waals surface area contributed by atoms with Crippen molar-refractivity contribution < 1.29 is 9.59 Å². The summed E-state index contributed by atoms with van der Waals surface area (Å²) in [5.74, 6) is -0.480. The number of nitrogens with one attached hydrogen (secondary N) is 2. The molecule has 2 amide bonds. The maximum absolute atomic E-state index is 12.0. The van der Waals surface area contributed by atoms with E-state index in [1.54, 1.807) is 60.5 Å². The van der Waals surface area contributed by atoms with Crippen LogP contribution in [-0.2, 0) is 9.59 Å². The highest BCUT2D eigenvalue weighted by Gasteiger charge is 2.12. The Balaban J connectivity index is 1.81. The van der Waals surface area contributed by atoms with Crippen molar-refractivity contribution in [3.05, 3.63) is 58.6 Å². The number of hydrogen-bond acceptors (Lipinski definition) is 3. The number of para-hydroxylation sites is 1. The van der Waals surface area contributed by atoms with Crippen molar-refractivity contribution in [2.45, 2.75) is 0 Å². The SMILES string of the molecule is CN(CC(=O)Nc1cccc(Cl)c1)CC(=O)Nc1ccccc1Cl. The molecule has 0 heterocycles. The molecule has 126 valence electrons. The van der Waals surface area contributed by atoms with Gasteiger partial charge in [-0.05, 0) is 37.4 Å². The van der Waals surface area contributed by atoms with Gasteiger partial charge in [-0.2, -0.15) is 0 Å². The first-order chi connectivity index (χ1) is 11.4. The summed E-state index contributed by atoms with van der Waals surface area (Å²) in [7, 11) is 1.68. The number of carbonyl (C=O) groups excluding carboxylic acids is 2. The van der Waals surface area contributed by atoms with Crippen LogP contribution in [0.4, 0.5) is 11.4 Å². The van der Waals surface area contributed by atoms with Gasteiger partial charge in [0.1, 0.15) is 0 Å². The topological polar surface area (TPSA) is 61.4 Å². The number of amides is 2. The maximum atomic E-state index is 12.0. The summed E-state index contributed by atoms with van der Waals surface area (Å²) < 4.78 is 0. The van der Waals surface area contributed by atoms with Gasteiger partial charge < -0.3 is 10.6 Å². The zero-order valence-electron chi connectivity index (χ0n) is 13.1. The number of nitrogens with zero attached hydrogens (tertiary/aromatic N) is 1. The molecule has 0 aromatic heterocycles. The average molecular weight is 366 g/mol. The monoisotopic (exact) mass is 365 g/mol. The van der Waals surface area contributed by atoms with Crippen molar-refractivity contribution in [3.8, 4) is 0 Å². The number of halogens is 2. The molecule has 2 aromatic carbocycles. The quantitative estimate of drug-likeness (QED) is 0.823. The van der Waals surface area contributed by atoms with Gasteiger partial charge in [-0.1, -0.05) is 41.4 Å². The molecule has 24 heavy (non-hydrogen) atoms. The summed E-state index contributed by atoms with van der Waals surface area (Å²) in [4.78, 5) is 25.6. The van der Waals surface area contributed by atoms with Gasteiger partial charge in [-0.3, -0.25) is 14.5 Å². The Kier molecular flexibility index (Phi) is 6.61. The van der Waals surface area contributed by atoms with Crippen LogP contribution < -0.4 is 10.6 Å². The minimum atomic E-state index is -0.249. The van der Waals surface area contributed by atoms with Gasteiger partial charge in [-0.15, -0.1) is 0 Å². The summed E-state index contributed by atoms with van der Waals surface area (Å²) in [5, 5.41) is 6.44. The van der Waals surface area contributed by atoms with Crippen molar-refractivity contribution in [1.29, 1.82) is 0 Å². The van der Waals surface area contributed by atoms with Gasteiger partial charge in [0.25, 0.3) is 0 Å². The van der Waals surface area contributed by atoms with Crippen molar-refractivity contribution in [1.82, 2.24) is 4.90 Å². The number of carbonyl (C=O) groups is 2. The van der Waals surface area contributed by atoms with Crippen LogP contribution in [0.5, 0.6) is 0 Å². The third kappa shape index (κ3) is 5.85. The molecule has 0 aliphatic heterocycles. The van der Waals surface area contributed by atoms with E-state index in [0.29, 0.717) is 21.4 Å². The molecule has 2 aromatic rings. The van der Waals surface area contributed by atoms with E-state index in [0.717, 1.165) is 0 Å². The molecule has 0 saturated heterocycles. The fraction of sp³-hybridized carbons (Fsp3) is 0.176. The molecule has 0 aliphatic rings. The summed E-state index contributed by atoms with van der Waals surface area (Å²) >= 11 is 11.9. The van der Waals surface area contributed by atoms with Gasteiger partial charge in [0.15, 0.2) is 0 Å². The number of benzene rings is 2. The minimum absolute atomic E-state index is 0.0637. The zero-order chi connectivity index (χ0) is 17.5. The molecule has 2 N–H and O–H groups in total. The van der Waals surface area contributed by atoms with E-state index in [2.05, 4.69) is 10.6 Å². The highest BCUT2D eigenvalue weighted by atomic mass is 35.5. The standard InChI is InChI=1S/C17H17Cl2N3O2/c1-22(10-16(23)20-13-6-4-5-12(18)9-13)11-17(24)21-15-8-3-2-7-14(15)19/h2-9H,10-11H2,1H3,(H,20,23)(H,21,24). The number of likely N-dealkylation sites (N-methyl/N-ethyl adjacent to an activating group) is 1. The number of hydrogen-bond donors (Lipinski definition) is 2. The van der Waals surface area contributed by atoms with Crippen LogP contribution in [0.2, 0.25) is 10.0 Å². The zero-order valence-corrected chi connectivity index (χ0v) is 14.6. The van der Waals surface area contributed by atoms with Crippen LogP contribution in [0.3, 0.4) is 0 Å². The van der Waals surface area contributed by atoms with E-state index in [-0.39, 0.29) is 24.9 Å². The minimum Gasteiger partial charge on any atom is -0.325 e. The lowest BCUT2D eigenvalue weighted by atomic mass is 10.3. The van der Waals surface area contributed by atoms with Crippen LogP contribution in [0.15, 0.2) is 48.5 Å². The first-order valence-electron chi connectivity index (χ1n) is 7.22. The molecular weight excluding hydrogens is 349 g/mol. The number of rotatable bonds is 6. The van der Waals surface area contributed by atoms with E-state index in [9.17, 15) is 9.59 Å². The largest absolute Gasteiger partial charge is 0.325 e. The fourth-order valence-corrected chi connectivity index (χ4v) is 2.44. The summed E-state index contributed by atoms with van der Waals surface area (Å²) in [6, 6.07) is 13.8. The van der Waals surface area contributed by atoms with Crippen molar-refractivity contribution in [2.75, 3.05) is 30.8 Å². The normalized spacial score (nSPS) is 10.5. The third-order valence-electron chi connectivity index (χ3n) is 3.08. The Labute approximate surface area is 150 Å². The maximum Gasteiger partial charge on any atom is 0.238 e. The lowest BCUT2D eigenvalue weighted by molar-refractivity contribution is -0.119. The molecule has 5 nitrogen and oxygen atoms in total. The Morgan fingerprint density at radius 3 is 2.29 bits per heavy atom. The molecule has 0 aliphatic carbocycles. The van der Waals surface area contributed by atoms with Crippen LogP contribution in [-0.4, -0.2) is 36.9 Å². The molecular formula is C17H17Cl2N3O2. The van der Waals surface area contributed by atoms with Crippen molar-refractivity contribution in [2.24, 2.45) is 0 Å². The fourth-order valence-electron chi connectivity index (χ4n) is 2.07. The van der Waals surface area contributed by atoms with Crippen LogP contribution in [0.1, 0.15) is 0 Å². The predicted octanol–water partition coefficient (Wildman–Crippen LogP) is 3.50. The summed E-state index contributed by atoms with van der Waals surface area (Å²) in [6.45, 7) is 0.136.